The summed E-state index contributed by atoms with van der Waals surface area (Å²) < 4.78 is 1.14. The Morgan fingerprint density at radius 2 is 0.689 bits per heavy atom. The second-order valence-corrected chi connectivity index (χ2v) is 19.3. The number of hydrogen-bond donors (Lipinski definition) is 2. The lowest BCUT2D eigenvalue weighted by Gasteiger charge is -2.24. The highest BCUT2D eigenvalue weighted by Gasteiger charge is 2.39. The molecule has 8 aromatic carbocycles. The molecule has 4 heteroatoms. The first kappa shape index (κ1) is 39.4. The van der Waals surface area contributed by atoms with E-state index in [9.17, 15) is 10.0 Å². The van der Waals surface area contributed by atoms with Crippen molar-refractivity contribution in [3.63, 3.8) is 0 Å². The molecule has 0 bridgehead atoms. The van der Waals surface area contributed by atoms with Crippen LogP contribution in [0, 0.1) is 0 Å². The zero-order valence-electron chi connectivity index (χ0n) is 35.5. The third-order valence-corrected chi connectivity index (χ3v) is 14.6. The van der Waals surface area contributed by atoms with Crippen molar-refractivity contribution in [3.05, 3.63) is 208 Å². The lowest BCUT2D eigenvalue weighted by atomic mass is 9.75. The van der Waals surface area contributed by atoms with Gasteiger partial charge in [-0.25, -0.2) is 0 Å². The molecule has 0 unspecified atom stereocenters. The summed E-state index contributed by atoms with van der Waals surface area (Å²) in [5.74, 6) is 0. The molecule has 11 rings (SSSR count). The summed E-state index contributed by atoms with van der Waals surface area (Å²) in [6.07, 6.45) is 0. The minimum absolute atomic E-state index is 0.0587. The summed E-state index contributed by atoms with van der Waals surface area (Å²) in [5, 5.41) is 19.5. The second kappa shape index (κ2) is 14.4. The SMILES string of the molecule is CC1(C)c2cc(B(O)O)ccc2-c2ccc(-c3ccc4c(c3)C(C)(C)c3cc(-c5ccccc5)ccc3-4)cc21.CC1(C)c2ccccc2-c2ccc(-c3ccccc3Br)cc21. The Hall–Kier alpha value is -5.78. The molecule has 0 saturated heterocycles. The molecule has 3 aliphatic carbocycles. The highest BCUT2D eigenvalue weighted by Crippen LogP contribution is 2.53. The van der Waals surface area contributed by atoms with E-state index in [0.29, 0.717) is 5.46 Å². The Morgan fingerprint density at radius 1 is 0.328 bits per heavy atom. The van der Waals surface area contributed by atoms with E-state index in [1.807, 2.05) is 18.2 Å². The minimum atomic E-state index is -1.46. The van der Waals surface area contributed by atoms with Crippen molar-refractivity contribution in [1.29, 1.82) is 0 Å². The van der Waals surface area contributed by atoms with Gasteiger partial charge in [-0.15, -0.1) is 0 Å². The zero-order valence-corrected chi connectivity index (χ0v) is 37.1. The molecule has 0 amide bonds. The molecule has 0 spiro atoms. The summed E-state index contributed by atoms with van der Waals surface area (Å²) in [7, 11) is -1.46. The molecule has 2 nitrogen and oxygen atoms in total. The van der Waals surface area contributed by atoms with Crippen molar-refractivity contribution in [1.82, 2.24) is 0 Å². The third-order valence-electron chi connectivity index (χ3n) is 13.9. The maximum Gasteiger partial charge on any atom is 0.488 e. The predicted octanol–water partition coefficient (Wildman–Crippen LogP) is 13.7. The molecule has 298 valence electrons. The minimum Gasteiger partial charge on any atom is -0.423 e. The van der Waals surface area contributed by atoms with E-state index in [1.54, 1.807) is 0 Å². The van der Waals surface area contributed by atoms with Crippen LogP contribution >= 0.6 is 15.9 Å². The Kier molecular flexibility index (Phi) is 9.30. The largest absolute Gasteiger partial charge is 0.488 e. The molecule has 3 aliphatic rings. The summed E-state index contributed by atoms with van der Waals surface area (Å²) >= 11 is 3.67. The molecule has 0 aromatic heterocycles. The van der Waals surface area contributed by atoms with Crippen LogP contribution in [0.3, 0.4) is 0 Å². The standard InChI is InChI=1S/C36H31BO2.C21H17Br/c1-35(2)31-18-23(22-8-6-5-7-9-22)10-14-27(31)28-15-11-24(19-32(28)35)25-12-16-29-30-17-13-26(37(38)39)21-34(30)36(3,4)33(29)20-25;1-21(2)18-9-5-3-8-16(18)17-12-11-14(13-19(17)21)15-7-4-6-10-20(15)22/h5-21,38-39H,1-4H3;3-13H,1-2H3. The van der Waals surface area contributed by atoms with Crippen molar-refractivity contribution in [2.75, 3.05) is 0 Å². The Morgan fingerprint density at radius 3 is 1.20 bits per heavy atom. The second-order valence-electron chi connectivity index (χ2n) is 18.5. The maximum absolute atomic E-state index is 9.75. The first-order chi connectivity index (χ1) is 29.2. The highest BCUT2D eigenvalue weighted by atomic mass is 79.9. The van der Waals surface area contributed by atoms with Crippen molar-refractivity contribution in [2.24, 2.45) is 0 Å². The van der Waals surface area contributed by atoms with Gasteiger partial charge in [-0.3, -0.25) is 0 Å². The first-order valence-corrected chi connectivity index (χ1v) is 22.0. The Bertz CT molecular complexity index is 3050. The maximum atomic E-state index is 9.75. The molecule has 0 aliphatic heterocycles. The topological polar surface area (TPSA) is 40.5 Å². The van der Waals surface area contributed by atoms with Crippen molar-refractivity contribution in [2.45, 2.75) is 57.8 Å². The fourth-order valence-electron chi connectivity index (χ4n) is 10.4. The van der Waals surface area contributed by atoms with Crippen LogP contribution in [0.15, 0.2) is 174 Å². The number of halogens is 1. The van der Waals surface area contributed by atoms with E-state index in [4.69, 9.17) is 0 Å². The Labute approximate surface area is 368 Å². The first-order valence-electron chi connectivity index (χ1n) is 21.2. The number of benzene rings is 8. The van der Waals surface area contributed by atoms with Gasteiger partial charge in [0.15, 0.2) is 0 Å². The van der Waals surface area contributed by atoms with E-state index >= 15 is 0 Å². The fraction of sp³-hybridized carbons (Fsp3) is 0.158. The average Bonchev–Trinajstić information content (AvgIpc) is 3.75. The number of fused-ring (bicyclic) bond motifs is 9. The number of rotatable bonds is 4. The van der Waals surface area contributed by atoms with Crippen LogP contribution in [0.4, 0.5) is 0 Å². The zero-order chi connectivity index (χ0) is 42.4. The van der Waals surface area contributed by atoms with E-state index in [2.05, 4.69) is 209 Å². The van der Waals surface area contributed by atoms with Gasteiger partial charge in [-0.2, -0.15) is 0 Å². The van der Waals surface area contributed by atoms with Crippen LogP contribution < -0.4 is 5.46 Å². The summed E-state index contributed by atoms with van der Waals surface area (Å²) in [6, 6.07) is 61.1. The van der Waals surface area contributed by atoms with Gasteiger partial charge in [0.25, 0.3) is 0 Å². The van der Waals surface area contributed by atoms with Gasteiger partial charge < -0.3 is 10.0 Å². The molecular weight excluding hydrogens is 807 g/mol. The van der Waals surface area contributed by atoms with Crippen molar-refractivity contribution in [3.8, 4) is 66.8 Å². The predicted molar refractivity (Wildman–Crippen MR) is 259 cm³/mol. The molecule has 0 atom stereocenters. The van der Waals surface area contributed by atoms with Gasteiger partial charge in [0.05, 0.1) is 0 Å². The fourth-order valence-corrected chi connectivity index (χ4v) is 10.9. The van der Waals surface area contributed by atoms with E-state index < -0.39 is 7.12 Å². The van der Waals surface area contributed by atoms with E-state index in [-0.39, 0.29) is 16.2 Å². The monoisotopic (exact) mass is 854 g/mol. The van der Waals surface area contributed by atoms with Crippen molar-refractivity contribution < 1.29 is 10.0 Å². The number of hydrogen-bond acceptors (Lipinski definition) is 2. The molecular formula is C57H48BBrO2. The van der Waals surface area contributed by atoms with Crippen molar-refractivity contribution >= 4 is 28.5 Å². The molecule has 0 saturated carbocycles. The smallest absolute Gasteiger partial charge is 0.423 e. The van der Waals surface area contributed by atoms with Crippen LogP contribution in [0.25, 0.3) is 66.8 Å². The van der Waals surface area contributed by atoms with Gasteiger partial charge in [0.2, 0.25) is 0 Å². The Balaban J connectivity index is 0.000000171. The lowest BCUT2D eigenvalue weighted by molar-refractivity contribution is 0.425. The van der Waals surface area contributed by atoms with E-state index in [0.717, 1.165) is 10.0 Å². The molecule has 61 heavy (non-hydrogen) atoms. The quantitative estimate of drug-likeness (QED) is 0.173. The molecule has 2 N–H and O–H groups in total. The van der Waals surface area contributed by atoms with Crippen LogP contribution in [-0.4, -0.2) is 17.2 Å². The summed E-state index contributed by atoms with van der Waals surface area (Å²) in [6.45, 7) is 13.8. The third kappa shape index (κ3) is 6.30. The van der Waals surface area contributed by atoms with Crippen LogP contribution in [0.1, 0.15) is 74.9 Å². The van der Waals surface area contributed by atoms with E-state index in [1.165, 1.54) is 94.6 Å². The molecule has 0 heterocycles. The normalized spacial score (nSPS) is 15.0. The lowest BCUT2D eigenvalue weighted by Crippen LogP contribution is -2.31. The van der Waals surface area contributed by atoms with Gasteiger partial charge in [0, 0.05) is 20.7 Å². The van der Waals surface area contributed by atoms with Gasteiger partial charge in [0.1, 0.15) is 0 Å². The van der Waals surface area contributed by atoms with Crippen LogP contribution in [0.5, 0.6) is 0 Å². The molecule has 8 aromatic rings. The van der Waals surface area contributed by atoms with Gasteiger partial charge >= 0.3 is 7.12 Å². The summed E-state index contributed by atoms with van der Waals surface area (Å²) in [5.41, 5.74) is 23.5. The van der Waals surface area contributed by atoms with Gasteiger partial charge in [-0.05, 0) is 136 Å². The highest BCUT2D eigenvalue weighted by molar-refractivity contribution is 9.10. The molecule has 0 fully saturated rings. The van der Waals surface area contributed by atoms with Crippen LogP contribution in [-0.2, 0) is 16.2 Å². The summed E-state index contributed by atoms with van der Waals surface area (Å²) in [4.78, 5) is 0. The van der Waals surface area contributed by atoms with Gasteiger partial charge in [-0.1, -0.05) is 197 Å². The van der Waals surface area contributed by atoms with Crippen LogP contribution in [0.2, 0.25) is 0 Å². The average molecular weight is 856 g/mol. The molecule has 0 radical (unpaired) electrons.